The fourth-order valence-electron chi connectivity index (χ4n) is 0.189. The zero-order valence-electron chi connectivity index (χ0n) is 4.83. The van der Waals surface area contributed by atoms with Crippen molar-refractivity contribution in [3.63, 3.8) is 0 Å². The summed E-state index contributed by atoms with van der Waals surface area (Å²) in [5, 5.41) is 0. The largest absolute Gasteiger partial charge is 1.00 e. The molecule has 0 aliphatic rings. The zero-order chi connectivity index (χ0) is 5.91. The third-order valence-corrected chi connectivity index (χ3v) is 1.07. The van der Waals surface area contributed by atoms with Crippen molar-refractivity contribution in [2.75, 3.05) is 11.9 Å². The fraction of sp³-hybridized carbons (Fsp3) is 1.00. The summed E-state index contributed by atoms with van der Waals surface area (Å²) in [6, 6.07) is 0. The number of halogens is 3. The van der Waals surface area contributed by atoms with E-state index in [4.69, 9.17) is 0 Å². The average molecular weight is 168 g/mol. The van der Waals surface area contributed by atoms with Crippen molar-refractivity contribution in [2.45, 2.75) is 0 Å². The molecular weight excluding hydrogens is 163 g/mol. The second-order valence-electron chi connectivity index (χ2n) is 1.17. The number of thioether (sulfide) groups is 1. The van der Waals surface area contributed by atoms with E-state index >= 15 is 0 Å². The molecule has 0 nitrogen and oxygen atoms in total. The summed E-state index contributed by atoms with van der Waals surface area (Å²) in [6.07, 6.45) is 1.44. The predicted octanol–water partition coefficient (Wildman–Crippen LogP) is -1.26. The van der Waals surface area contributed by atoms with E-state index in [1.54, 1.807) is 0 Å². The Morgan fingerprint density at radius 2 is 1.75 bits per heavy atom. The Morgan fingerprint density at radius 1 is 1.38 bits per heavy atom. The van der Waals surface area contributed by atoms with Crippen LogP contribution in [0.15, 0.2) is 0 Å². The van der Waals surface area contributed by atoms with E-state index in [9.17, 15) is 12.9 Å². The minimum absolute atomic E-state index is 0. The van der Waals surface area contributed by atoms with Crippen LogP contribution in [0, 0.1) is 0 Å². The van der Waals surface area contributed by atoms with Crippen molar-refractivity contribution in [2.24, 2.45) is 0 Å². The molecule has 0 saturated heterocycles. The van der Waals surface area contributed by atoms with E-state index in [-0.39, 0.29) is 51.4 Å². The van der Waals surface area contributed by atoms with Crippen LogP contribution in [0.4, 0.5) is 12.9 Å². The summed E-state index contributed by atoms with van der Waals surface area (Å²) >= 11 is 0.811. The molecule has 44 valence electrons. The average Bonchev–Trinajstić information content (AvgIpc) is 1.30. The van der Waals surface area contributed by atoms with Gasteiger partial charge < -0.3 is 12.9 Å². The van der Waals surface area contributed by atoms with Crippen LogP contribution in [0.2, 0.25) is 0 Å². The molecule has 0 aliphatic heterocycles. The molecule has 0 aliphatic carbocycles. The Morgan fingerprint density at radius 3 is 1.75 bits per heavy atom. The molecule has 0 aromatic heterocycles. The molecule has 0 heterocycles. The van der Waals surface area contributed by atoms with Crippen molar-refractivity contribution in [1.82, 2.24) is 0 Å². The Kier molecular flexibility index (Phi) is 8.78. The maximum absolute atomic E-state index is 11.1. The summed E-state index contributed by atoms with van der Waals surface area (Å²) in [6.45, 7) is -4.53. The second-order valence-corrected chi connectivity index (χ2v) is 2.08. The van der Waals surface area contributed by atoms with Gasteiger partial charge in [0, 0.05) is 0 Å². The van der Waals surface area contributed by atoms with Crippen molar-refractivity contribution in [3.05, 3.63) is 0 Å². The van der Waals surface area contributed by atoms with E-state index < -0.39 is 12.6 Å². The minimum Gasteiger partial charge on any atom is -0.448 e. The summed E-state index contributed by atoms with van der Waals surface area (Å²) in [5.74, 6) is 0. The van der Waals surface area contributed by atoms with E-state index in [1.165, 1.54) is 6.26 Å². The van der Waals surface area contributed by atoms with Gasteiger partial charge >= 0.3 is 58.4 Å². The molecule has 0 atom stereocenters. The Balaban J connectivity index is 0. The van der Waals surface area contributed by atoms with Gasteiger partial charge in [-0.1, -0.05) is 0 Å². The second kappa shape index (κ2) is 5.61. The molecular formula is C2H5BF3KS. The first-order valence-corrected chi connectivity index (χ1v) is 3.15. The molecule has 8 heavy (non-hydrogen) atoms. The summed E-state index contributed by atoms with van der Waals surface area (Å²) in [7, 11) is 0. The molecule has 0 saturated carbocycles. The van der Waals surface area contributed by atoms with Crippen molar-refractivity contribution in [3.8, 4) is 0 Å². The fourth-order valence-corrected chi connectivity index (χ4v) is 0.567. The number of hydrogen-bond acceptors (Lipinski definition) is 1. The maximum atomic E-state index is 11.1. The molecule has 0 radical (unpaired) electrons. The first kappa shape index (κ1) is 12.5. The van der Waals surface area contributed by atoms with Crippen LogP contribution in [0.3, 0.4) is 0 Å². The molecule has 0 spiro atoms. The van der Waals surface area contributed by atoms with E-state index in [0.717, 1.165) is 11.8 Å². The number of hydrogen-bond donors (Lipinski definition) is 0. The first-order chi connectivity index (χ1) is 3.06. The Labute approximate surface area is 93.5 Å². The van der Waals surface area contributed by atoms with Gasteiger partial charge in [0.05, 0.1) is 0 Å². The third kappa shape index (κ3) is 10.8. The summed E-state index contributed by atoms with van der Waals surface area (Å²) in [4.78, 5) is 0. The van der Waals surface area contributed by atoms with Crippen molar-refractivity contribution in [1.29, 1.82) is 0 Å². The Bertz CT molecular complexity index is 55.7. The molecule has 0 rings (SSSR count). The standard InChI is InChI=1S/C2H5BF3S.K/c1-7-2-3(4,5)6;/h2H2,1H3;/q-1;+1. The first-order valence-electron chi connectivity index (χ1n) is 1.76. The molecule has 0 fully saturated rings. The maximum Gasteiger partial charge on any atom is 1.00 e. The number of rotatable bonds is 2. The summed E-state index contributed by atoms with van der Waals surface area (Å²) < 4.78 is 33.3. The normalized spacial score (nSPS) is 10.5. The topological polar surface area (TPSA) is 0 Å². The van der Waals surface area contributed by atoms with Gasteiger partial charge in [0.2, 0.25) is 0 Å². The van der Waals surface area contributed by atoms with Crippen LogP contribution >= 0.6 is 11.8 Å². The van der Waals surface area contributed by atoms with Crippen LogP contribution in [0.5, 0.6) is 0 Å². The molecule has 0 N–H and O–H groups in total. The van der Waals surface area contributed by atoms with Crippen molar-refractivity contribution < 1.29 is 64.3 Å². The van der Waals surface area contributed by atoms with Gasteiger partial charge in [-0.15, -0.1) is 0 Å². The van der Waals surface area contributed by atoms with Crippen LogP contribution in [0.1, 0.15) is 0 Å². The molecule has 0 unspecified atom stereocenters. The molecule has 0 aromatic rings. The van der Waals surface area contributed by atoms with Gasteiger partial charge in [-0.2, -0.15) is 11.8 Å². The SMILES string of the molecule is CSC[B-](F)(F)F.[K+]. The van der Waals surface area contributed by atoms with Gasteiger partial charge in [-0.3, -0.25) is 0 Å². The summed E-state index contributed by atoms with van der Waals surface area (Å²) in [5.41, 5.74) is -0.681. The van der Waals surface area contributed by atoms with Gasteiger partial charge in [0.15, 0.2) is 0 Å². The van der Waals surface area contributed by atoms with E-state index in [0.29, 0.717) is 0 Å². The van der Waals surface area contributed by atoms with E-state index in [1.807, 2.05) is 0 Å². The van der Waals surface area contributed by atoms with Gasteiger partial charge in [-0.25, -0.2) is 0 Å². The van der Waals surface area contributed by atoms with Gasteiger partial charge in [0.1, 0.15) is 0 Å². The predicted molar refractivity (Wildman–Crippen MR) is 27.5 cm³/mol. The van der Waals surface area contributed by atoms with Crippen LogP contribution in [-0.2, 0) is 0 Å². The van der Waals surface area contributed by atoms with Gasteiger partial charge in [-0.05, 0) is 11.9 Å². The minimum atomic E-state index is -4.53. The van der Waals surface area contributed by atoms with Gasteiger partial charge in [0.25, 0.3) is 0 Å². The molecule has 0 bridgehead atoms. The van der Waals surface area contributed by atoms with E-state index in [2.05, 4.69) is 0 Å². The molecule has 0 aromatic carbocycles. The zero-order valence-corrected chi connectivity index (χ0v) is 8.77. The van der Waals surface area contributed by atoms with Crippen LogP contribution in [0.25, 0.3) is 0 Å². The quantitative estimate of drug-likeness (QED) is 0.464. The monoisotopic (exact) mass is 168 g/mol. The molecule has 0 amide bonds. The van der Waals surface area contributed by atoms with Crippen LogP contribution < -0.4 is 51.4 Å². The Hall–Kier alpha value is 1.84. The van der Waals surface area contributed by atoms with Crippen LogP contribution in [-0.4, -0.2) is 18.9 Å². The smallest absolute Gasteiger partial charge is 0.448 e. The van der Waals surface area contributed by atoms with Crippen molar-refractivity contribution >= 4 is 18.7 Å². The molecule has 6 heteroatoms. The third-order valence-electron chi connectivity index (χ3n) is 0.356.